The van der Waals surface area contributed by atoms with Gasteiger partial charge >= 0.3 is 11.8 Å². The van der Waals surface area contributed by atoms with Gasteiger partial charge in [-0.25, -0.2) is 4.79 Å². The first-order valence-electron chi connectivity index (χ1n) is 6.71. The first-order valence-corrected chi connectivity index (χ1v) is 7.15. The van der Waals surface area contributed by atoms with E-state index in [2.05, 4.69) is 12.6 Å². The molecular formula is C17H11F3O2S. The van der Waals surface area contributed by atoms with E-state index in [0.717, 1.165) is 6.07 Å². The Morgan fingerprint density at radius 1 is 1.00 bits per heavy atom. The maximum absolute atomic E-state index is 13.3. The third-order valence-electron chi connectivity index (χ3n) is 3.49. The minimum absolute atomic E-state index is 0.114. The largest absolute Gasteiger partial charge is 0.422 e. The van der Waals surface area contributed by atoms with Crippen molar-refractivity contribution in [3.63, 3.8) is 0 Å². The van der Waals surface area contributed by atoms with Gasteiger partial charge in [-0.15, -0.1) is 12.6 Å². The van der Waals surface area contributed by atoms with E-state index >= 15 is 0 Å². The molecule has 0 saturated carbocycles. The van der Waals surface area contributed by atoms with Gasteiger partial charge in [-0.1, -0.05) is 23.8 Å². The standard InChI is InChI=1S/C17H11F3O2S/c1-9-2-5-12(14(6-9)17(18,19)20)13-7-10-3-4-11(23)8-15(10)22-16(13)21/h2-8,23H,1H3. The number of aryl methyl sites for hydroxylation is 1. The summed E-state index contributed by atoms with van der Waals surface area (Å²) in [6, 6.07) is 10.1. The number of hydrogen-bond donors (Lipinski definition) is 1. The highest BCUT2D eigenvalue weighted by Gasteiger charge is 2.34. The fourth-order valence-electron chi connectivity index (χ4n) is 2.42. The number of hydrogen-bond acceptors (Lipinski definition) is 3. The number of benzene rings is 2. The molecule has 0 aliphatic rings. The lowest BCUT2D eigenvalue weighted by Crippen LogP contribution is -2.11. The van der Waals surface area contributed by atoms with Crippen molar-refractivity contribution in [2.45, 2.75) is 18.0 Å². The van der Waals surface area contributed by atoms with Gasteiger partial charge < -0.3 is 4.42 Å². The van der Waals surface area contributed by atoms with Gasteiger partial charge in [0.2, 0.25) is 0 Å². The number of thiol groups is 1. The second kappa shape index (κ2) is 5.45. The van der Waals surface area contributed by atoms with Gasteiger partial charge in [0, 0.05) is 15.8 Å². The van der Waals surface area contributed by atoms with Gasteiger partial charge in [0.05, 0.1) is 11.1 Å². The van der Waals surface area contributed by atoms with Crippen molar-refractivity contribution in [3.05, 3.63) is 64.0 Å². The molecule has 1 aromatic heterocycles. The van der Waals surface area contributed by atoms with Crippen LogP contribution in [0.3, 0.4) is 0 Å². The maximum Gasteiger partial charge on any atom is 0.417 e. The zero-order chi connectivity index (χ0) is 16.8. The molecule has 0 radical (unpaired) electrons. The van der Waals surface area contributed by atoms with Crippen LogP contribution in [-0.4, -0.2) is 0 Å². The molecule has 0 atom stereocenters. The van der Waals surface area contributed by atoms with Gasteiger partial charge in [0.15, 0.2) is 0 Å². The Morgan fingerprint density at radius 3 is 2.43 bits per heavy atom. The fraction of sp³-hybridized carbons (Fsp3) is 0.118. The average Bonchev–Trinajstić information content (AvgIpc) is 2.46. The fourth-order valence-corrected chi connectivity index (χ4v) is 2.61. The molecule has 2 nitrogen and oxygen atoms in total. The molecule has 0 amide bonds. The predicted molar refractivity (Wildman–Crippen MR) is 84.9 cm³/mol. The maximum atomic E-state index is 13.3. The Labute approximate surface area is 135 Å². The van der Waals surface area contributed by atoms with E-state index in [-0.39, 0.29) is 16.7 Å². The van der Waals surface area contributed by atoms with Crippen LogP contribution >= 0.6 is 12.6 Å². The summed E-state index contributed by atoms with van der Waals surface area (Å²) in [5.41, 5.74) is -1.22. The minimum atomic E-state index is -4.56. The van der Waals surface area contributed by atoms with Crippen LogP contribution < -0.4 is 5.63 Å². The van der Waals surface area contributed by atoms with Crippen LogP contribution in [0.25, 0.3) is 22.1 Å². The van der Waals surface area contributed by atoms with Crippen molar-refractivity contribution in [1.82, 2.24) is 0 Å². The normalized spacial score (nSPS) is 11.9. The van der Waals surface area contributed by atoms with E-state index in [9.17, 15) is 18.0 Å². The van der Waals surface area contributed by atoms with Crippen molar-refractivity contribution in [1.29, 1.82) is 0 Å². The van der Waals surface area contributed by atoms with Gasteiger partial charge in [0.1, 0.15) is 5.58 Å². The smallest absolute Gasteiger partial charge is 0.417 e. The number of rotatable bonds is 1. The molecule has 3 rings (SSSR count). The Balaban J connectivity index is 2.31. The highest BCUT2D eigenvalue weighted by atomic mass is 32.1. The summed E-state index contributed by atoms with van der Waals surface area (Å²) in [5.74, 6) is 0. The van der Waals surface area contributed by atoms with Crippen LogP contribution in [0.1, 0.15) is 11.1 Å². The van der Waals surface area contributed by atoms with Crippen molar-refractivity contribution >= 4 is 23.6 Å². The first-order chi connectivity index (χ1) is 10.8. The van der Waals surface area contributed by atoms with Crippen LogP contribution in [0.15, 0.2) is 56.6 Å². The zero-order valence-electron chi connectivity index (χ0n) is 11.9. The van der Waals surface area contributed by atoms with E-state index in [0.29, 0.717) is 15.8 Å². The van der Waals surface area contributed by atoms with E-state index in [1.54, 1.807) is 25.1 Å². The molecule has 2 aromatic carbocycles. The van der Waals surface area contributed by atoms with Crippen molar-refractivity contribution in [2.24, 2.45) is 0 Å². The topological polar surface area (TPSA) is 30.2 Å². The van der Waals surface area contributed by atoms with E-state index in [1.807, 2.05) is 0 Å². The summed E-state index contributed by atoms with van der Waals surface area (Å²) in [5, 5.41) is 0.533. The first kappa shape index (κ1) is 15.7. The summed E-state index contributed by atoms with van der Waals surface area (Å²) < 4.78 is 45.0. The number of alkyl halides is 3. The quantitative estimate of drug-likeness (QED) is 0.496. The average molecular weight is 336 g/mol. The Bertz CT molecular complexity index is 958. The SMILES string of the molecule is Cc1ccc(-c2cc3ccc(S)cc3oc2=O)c(C(F)(F)F)c1. The second-order valence-electron chi connectivity index (χ2n) is 5.22. The molecule has 0 bridgehead atoms. The molecule has 118 valence electrons. The molecule has 0 aliphatic heterocycles. The summed E-state index contributed by atoms with van der Waals surface area (Å²) in [6.45, 7) is 1.57. The Morgan fingerprint density at radius 2 is 1.74 bits per heavy atom. The monoisotopic (exact) mass is 336 g/mol. The second-order valence-corrected chi connectivity index (χ2v) is 5.73. The van der Waals surface area contributed by atoms with Gasteiger partial charge in [-0.2, -0.15) is 13.2 Å². The van der Waals surface area contributed by atoms with Gasteiger partial charge in [0.25, 0.3) is 0 Å². The lowest BCUT2D eigenvalue weighted by Gasteiger charge is -2.13. The predicted octanol–water partition coefficient (Wildman–Crippen LogP) is 5.08. The Kier molecular flexibility index (Phi) is 3.72. The molecule has 0 saturated heterocycles. The minimum Gasteiger partial charge on any atom is -0.422 e. The summed E-state index contributed by atoms with van der Waals surface area (Å²) in [4.78, 5) is 12.7. The van der Waals surface area contributed by atoms with Crippen LogP contribution in [0.2, 0.25) is 0 Å². The van der Waals surface area contributed by atoms with Crippen molar-refractivity contribution in [3.8, 4) is 11.1 Å². The number of fused-ring (bicyclic) bond motifs is 1. The van der Waals surface area contributed by atoms with Crippen LogP contribution in [0.4, 0.5) is 13.2 Å². The van der Waals surface area contributed by atoms with Crippen LogP contribution in [0, 0.1) is 6.92 Å². The molecule has 0 unspecified atom stereocenters. The number of halogens is 3. The molecule has 0 N–H and O–H groups in total. The molecule has 1 heterocycles. The van der Waals surface area contributed by atoms with Crippen LogP contribution in [-0.2, 0) is 6.18 Å². The molecule has 23 heavy (non-hydrogen) atoms. The van der Waals surface area contributed by atoms with Gasteiger partial charge in [-0.3, -0.25) is 0 Å². The molecular weight excluding hydrogens is 325 g/mol. The molecule has 3 aromatic rings. The summed E-state index contributed by atoms with van der Waals surface area (Å²) >= 11 is 4.14. The molecule has 0 spiro atoms. The van der Waals surface area contributed by atoms with Gasteiger partial charge in [-0.05, 0) is 31.2 Å². The third-order valence-corrected chi connectivity index (χ3v) is 3.77. The third kappa shape index (κ3) is 2.99. The lowest BCUT2D eigenvalue weighted by molar-refractivity contribution is -0.137. The highest BCUT2D eigenvalue weighted by Crippen LogP contribution is 2.37. The zero-order valence-corrected chi connectivity index (χ0v) is 12.8. The Hall–Kier alpha value is -2.21. The van der Waals surface area contributed by atoms with E-state index in [4.69, 9.17) is 4.42 Å². The highest BCUT2D eigenvalue weighted by molar-refractivity contribution is 7.80. The molecule has 0 fully saturated rings. The summed E-state index contributed by atoms with van der Waals surface area (Å²) in [6.07, 6.45) is -4.56. The van der Waals surface area contributed by atoms with Crippen LogP contribution in [0.5, 0.6) is 0 Å². The molecule has 0 aliphatic carbocycles. The van der Waals surface area contributed by atoms with Crippen molar-refractivity contribution in [2.75, 3.05) is 0 Å². The van der Waals surface area contributed by atoms with E-state index < -0.39 is 17.4 Å². The summed E-state index contributed by atoms with van der Waals surface area (Å²) in [7, 11) is 0. The van der Waals surface area contributed by atoms with E-state index in [1.165, 1.54) is 18.2 Å². The lowest BCUT2D eigenvalue weighted by atomic mass is 9.98. The van der Waals surface area contributed by atoms with Crippen molar-refractivity contribution < 1.29 is 17.6 Å². The molecule has 6 heteroatoms.